The number of H-pyrrole nitrogens is 1. The van der Waals surface area contributed by atoms with Crippen molar-refractivity contribution in [1.82, 2.24) is 14.6 Å². The highest BCUT2D eigenvalue weighted by Crippen LogP contribution is 2.38. The highest BCUT2D eigenvalue weighted by Gasteiger charge is 2.30. The number of nitrogens with zero attached hydrogens (tertiary/aromatic N) is 1. The molecule has 0 radical (unpaired) electrons. The molecule has 1 aliphatic heterocycles. The number of carbonyl (C=O) groups is 1. The highest BCUT2D eigenvalue weighted by molar-refractivity contribution is 7.45. The molecular weight excluding hydrogens is 489 g/mol. The zero-order chi connectivity index (χ0) is 27.1. The molecule has 3 unspecified atom stereocenters. The Balaban J connectivity index is 0.00000154. The van der Waals surface area contributed by atoms with Crippen LogP contribution in [0.1, 0.15) is 53.7 Å². The number of ether oxygens (including phenoxy) is 2. The number of hydrogen-bond acceptors (Lipinski definition) is 9. The lowest BCUT2D eigenvalue weighted by molar-refractivity contribution is -0.149. The monoisotopic (exact) mass is 527 g/mol. The molecule has 3 rings (SSSR count). The first-order chi connectivity index (χ1) is 17.3. The first-order valence-electron chi connectivity index (χ1n) is 11.9. The molecule has 1 aliphatic rings. The van der Waals surface area contributed by atoms with Gasteiger partial charge >= 0.3 is 20.2 Å². The summed E-state index contributed by atoms with van der Waals surface area (Å²) in [6, 6.07) is 9.78. The quantitative estimate of drug-likeness (QED) is 0.314. The Morgan fingerprint density at radius 3 is 2.44 bits per heavy atom. The molecule has 11 nitrogen and oxygen atoms in total. The van der Waals surface area contributed by atoms with Gasteiger partial charge in [0.15, 0.2) is 0 Å². The van der Waals surface area contributed by atoms with Crippen LogP contribution < -0.4 is 20.9 Å². The average Bonchev–Trinajstić information content (AvgIpc) is 3.34. The summed E-state index contributed by atoms with van der Waals surface area (Å²) < 4.78 is 24.4. The largest absolute Gasteiger partial charge is 0.462 e. The summed E-state index contributed by atoms with van der Waals surface area (Å²) in [6.45, 7) is 9.45. The molecule has 0 saturated carbocycles. The molecule has 0 amide bonds. The summed E-state index contributed by atoms with van der Waals surface area (Å²) >= 11 is 0. The lowest BCUT2D eigenvalue weighted by Gasteiger charge is -2.23. The van der Waals surface area contributed by atoms with E-state index in [9.17, 15) is 14.4 Å². The predicted octanol–water partition coefficient (Wildman–Crippen LogP) is 3.10. The van der Waals surface area contributed by atoms with Gasteiger partial charge in [-0.25, -0.2) is 9.88 Å². The number of aromatic nitrogens is 2. The van der Waals surface area contributed by atoms with E-state index in [0.29, 0.717) is 18.6 Å². The maximum atomic E-state index is 12.2. The maximum Gasteiger partial charge on any atom is 0.330 e. The molecule has 1 aromatic heterocycles. The van der Waals surface area contributed by atoms with Gasteiger partial charge in [0.25, 0.3) is 5.56 Å². The van der Waals surface area contributed by atoms with Crippen LogP contribution in [-0.4, -0.2) is 52.6 Å². The molecule has 36 heavy (non-hydrogen) atoms. The molecule has 12 heteroatoms. The third-order valence-electron chi connectivity index (χ3n) is 4.56. The van der Waals surface area contributed by atoms with E-state index in [1.54, 1.807) is 32.9 Å². The number of esters is 1. The van der Waals surface area contributed by atoms with Crippen LogP contribution in [0.2, 0.25) is 0 Å². The molecule has 4 atom stereocenters. The Bertz CT molecular complexity index is 999. The van der Waals surface area contributed by atoms with Crippen molar-refractivity contribution in [1.29, 1.82) is 0 Å². The van der Waals surface area contributed by atoms with Gasteiger partial charge in [0, 0.05) is 19.4 Å². The fourth-order valence-corrected chi connectivity index (χ4v) is 4.25. The zero-order valence-corrected chi connectivity index (χ0v) is 22.6. The van der Waals surface area contributed by atoms with Crippen molar-refractivity contribution in [3.05, 3.63) is 63.4 Å². The number of rotatable bonds is 10. The molecule has 0 bridgehead atoms. The van der Waals surface area contributed by atoms with Crippen LogP contribution in [0.4, 0.5) is 0 Å². The van der Waals surface area contributed by atoms with Crippen molar-refractivity contribution in [3.8, 4) is 5.75 Å². The Kier molecular flexibility index (Phi) is 14.9. The predicted molar refractivity (Wildman–Crippen MR) is 138 cm³/mol. The van der Waals surface area contributed by atoms with Crippen molar-refractivity contribution < 1.29 is 28.4 Å². The molecule has 0 spiro atoms. The van der Waals surface area contributed by atoms with Crippen LogP contribution in [0.3, 0.4) is 0 Å². The fraction of sp³-hybridized carbons (Fsp3) is 0.542. The minimum Gasteiger partial charge on any atom is -0.462 e. The Morgan fingerprint density at radius 1 is 1.17 bits per heavy atom. The lowest BCUT2D eigenvalue weighted by Crippen LogP contribution is -2.35. The van der Waals surface area contributed by atoms with Gasteiger partial charge in [-0.3, -0.25) is 19.1 Å². The minimum atomic E-state index is -1.68. The van der Waals surface area contributed by atoms with Gasteiger partial charge in [-0.2, -0.15) is 0 Å². The number of aliphatic hydroxyl groups excluding tert-OH is 1. The standard InChI is InChI=1S/C21H28N3O7P.C2H6.CH4O/c1-14(2)29-20(26)15(3)23-32(31-16-7-5-4-6-8-16)28-13-17-9-10-19(30-17)24-12-11-18(25)22-21(24)27;2*1-2/h4-8,11-12,14-15,17,19,23H,9-10,13H2,1-3H3,(H,22,25,27);1-2H3;2H,1H3/t15?,17?,19?,32-;;/m0../s1. The molecule has 0 aliphatic carbocycles. The average molecular weight is 528 g/mol. The SMILES string of the molecule is CC.CC(C)OC(=O)C(C)N[P@@](OCC1CCC(n2ccc(=O)[nH]c2=O)O1)Oc1ccccc1.CO. The highest BCUT2D eigenvalue weighted by atomic mass is 31.2. The van der Waals surface area contributed by atoms with Crippen molar-refractivity contribution in [2.75, 3.05) is 13.7 Å². The first-order valence-corrected chi connectivity index (χ1v) is 13.0. The molecule has 1 aromatic carbocycles. The second kappa shape index (κ2) is 17.0. The molecule has 3 N–H and O–H groups in total. The number of carbonyl (C=O) groups excluding carboxylic acids is 1. The summed E-state index contributed by atoms with van der Waals surface area (Å²) in [4.78, 5) is 37.7. The summed E-state index contributed by atoms with van der Waals surface area (Å²) in [7, 11) is -0.676. The van der Waals surface area contributed by atoms with E-state index in [2.05, 4.69) is 10.1 Å². The van der Waals surface area contributed by atoms with Gasteiger partial charge < -0.3 is 23.6 Å². The van der Waals surface area contributed by atoms with E-state index in [0.717, 1.165) is 7.11 Å². The summed E-state index contributed by atoms with van der Waals surface area (Å²) in [5.74, 6) is 0.197. The van der Waals surface area contributed by atoms with Gasteiger partial charge in [0.2, 0.25) is 0 Å². The Morgan fingerprint density at radius 2 is 1.83 bits per heavy atom. The van der Waals surface area contributed by atoms with E-state index in [4.69, 9.17) is 23.6 Å². The van der Waals surface area contributed by atoms with Crippen molar-refractivity contribution in [2.45, 2.75) is 71.9 Å². The van der Waals surface area contributed by atoms with Gasteiger partial charge in [-0.1, -0.05) is 32.0 Å². The van der Waals surface area contributed by atoms with Gasteiger partial charge in [0.1, 0.15) is 18.0 Å². The van der Waals surface area contributed by atoms with E-state index < -0.39 is 38.0 Å². The molecule has 1 saturated heterocycles. The minimum absolute atomic E-state index is 0.200. The second-order valence-corrected chi connectivity index (χ2v) is 8.81. The number of para-hydroxylation sites is 1. The lowest BCUT2D eigenvalue weighted by atomic mass is 10.2. The topological polar surface area (TPSA) is 141 Å². The van der Waals surface area contributed by atoms with Gasteiger partial charge in [-0.05, 0) is 45.7 Å². The fourth-order valence-electron chi connectivity index (χ4n) is 3.03. The van der Waals surface area contributed by atoms with Gasteiger partial charge in [-0.15, -0.1) is 0 Å². The second-order valence-electron chi connectivity index (χ2n) is 7.60. The first kappa shape index (κ1) is 31.5. The van der Waals surface area contributed by atoms with Crippen LogP contribution in [-0.2, 0) is 18.8 Å². The summed E-state index contributed by atoms with van der Waals surface area (Å²) in [5, 5.41) is 10.0. The van der Waals surface area contributed by atoms with E-state index in [-0.39, 0.29) is 18.8 Å². The van der Waals surface area contributed by atoms with Crippen LogP contribution in [0.5, 0.6) is 5.75 Å². The van der Waals surface area contributed by atoms with Crippen LogP contribution in [0, 0.1) is 0 Å². The zero-order valence-electron chi connectivity index (χ0n) is 21.7. The van der Waals surface area contributed by atoms with Crippen LogP contribution in [0.15, 0.2) is 52.2 Å². The molecule has 202 valence electrons. The molecule has 2 aromatic rings. The number of aromatic amines is 1. The number of nitrogens with one attached hydrogen (secondary N) is 2. The molecule has 2 heterocycles. The smallest absolute Gasteiger partial charge is 0.330 e. The van der Waals surface area contributed by atoms with Crippen molar-refractivity contribution >= 4 is 14.5 Å². The van der Waals surface area contributed by atoms with E-state index >= 15 is 0 Å². The van der Waals surface area contributed by atoms with Crippen LogP contribution in [0.25, 0.3) is 0 Å². The summed E-state index contributed by atoms with van der Waals surface area (Å²) in [5.41, 5.74) is -0.970. The number of hydrogen-bond donors (Lipinski definition) is 3. The van der Waals surface area contributed by atoms with Crippen molar-refractivity contribution in [3.63, 3.8) is 0 Å². The normalized spacial score (nSPS) is 18.2. The Labute approximate surface area is 212 Å². The van der Waals surface area contributed by atoms with E-state index in [1.165, 1.54) is 16.8 Å². The van der Waals surface area contributed by atoms with E-state index in [1.807, 2.05) is 32.0 Å². The summed E-state index contributed by atoms with van der Waals surface area (Å²) in [6.07, 6.45) is 1.70. The third kappa shape index (κ3) is 10.6. The number of aliphatic hydroxyl groups is 1. The molecule has 1 fully saturated rings. The maximum absolute atomic E-state index is 12.2. The number of benzene rings is 1. The van der Waals surface area contributed by atoms with Gasteiger partial charge in [0.05, 0.1) is 18.8 Å². The Hall–Kier alpha value is -2.56. The molecular formula is C24H38N3O8P. The third-order valence-corrected chi connectivity index (χ3v) is 5.92. The van der Waals surface area contributed by atoms with Crippen LogP contribution >= 0.6 is 8.53 Å². The van der Waals surface area contributed by atoms with Crippen molar-refractivity contribution in [2.24, 2.45) is 0 Å².